The molecule has 2 aliphatic rings. The van der Waals surface area contributed by atoms with E-state index in [9.17, 15) is 18.3 Å². The van der Waals surface area contributed by atoms with Gasteiger partial charge in [-0.1, -0.05) is 30.3 Å². The van der Waals surface area contributed by atoms with Gasteiger partial charge in [-0.15, -0.1) is 0 Å². The average molecular weight is 539 g/mol. The van der Waals surface area contributed by atoms with E-state index in [-0.39, 0.29) is 24.9 Å². The molecule has 200 valence electrons. The second-order valence-electron chi connectivity index (χ2n) is 9.57. The molecule has 3 aromatic carbocycles. The number of amides is 1. The van der Waals surface area contributed by atoms with E-state index < -0.39 is 28.3 Å². The highest BCUT2D eigenvalue weighted by Crippen LogP contribution is 2.47. The van der Waals surface area contributed by atoms with Crippen LogP contribution in [0.15, 0.2) is 72.8 Å². The van der Waals surface area contributed by atoms with Crippen molar-refractivity contribution in [2.45, 2.75) is 43.6 Å². The number of ether oxygens (including phenoxy) is 3. The zero-order valence-electron chi connectivity index (χ0n) is 20.9. The van der Waals surface area contributed by atoms with Crippen LogP contribution in [0.5, 0.6) is 17.2 Å². The summed E-state index contributed by atoms with van der Waals surface area (Å²) in [6.45, 7) is 0.109. The van der Waals surface area contributed by atoms with Crippen molar-refractivity contribution in [3.8, 4) is 17.2 Å². The molecule has 1 fully saturated rings. The van der Waals surface area contributed by atoms with Gasteiger partial charge >= 0.3 is 0 Å². The van der Waals surface area contributed by atoms with Crippen LogP contribution in [0.1, 0.15) is 29.9 Å². The molecule has 5 rings (SSSR count). The van der Waals surface area contributed by atoms with Gasteiger partial charge in [0.15, 0.2) is 0 Å². The molecule has 0 bridgehead atoms. The molecule has 2 aliphatic heterocycles. The van der Waals surface area contributed by atoms with Gasteiger partial charge in [0, 0.05) is 23.7 Å². The van der Waals surface area contributed by atoms with E-state index in [2.05, 4.69) is 10.0 Å². The molecular weight excluding hydrogens is 508 g/mol. The summed E-state index contributed by atoms with van der Waals surface area (Å²) < 4.78 is 43.7. The number of carbonyl (C=O) groups is 1. The number of hydrogen-bond donors (Lipinski definition) is 3. The van der Waals surface area contributed by atoms with Crippen LogP contribution in [-0.2, 0) is 26.1 Å². The van der Waals surface area contributed by atoms with E-state index >= 15 is 0 Å². The van der Waals surface area contributed by atoms with Crippen LogP contribution in [0.4, 0.5) is 5.69 Å². The summed E-state index contributed by atoms with van der Waals surface area (Å²) in [4.78, 5) is 12.7. The monoisotopic (exact) mass is 538 g/mol. The number of anilines is 1. The van der Waals surface area contributed by atoms with E-state index in [0.29, 0.717) is 30.2 Å². The minimum absolute atomic E-state index is 0.130. The fourth-order valence-corrected chi connectivity index (χ4v) is 5.50. The van der Waals surface area contributed by atoms with E-state index in [4.69, 9.17) is 14.2 Å². The molecular formula is C28H30N2O7S. The standard InChI is InChI=1S/C28H30N2O7S/c1-38(33,34)30-19-9-12-25-23(13-19)24-14-22(36-26(17-31)28(24)37-25)15-27(32)29-16-18-7-10-21(11-8-18)35-20-5-3-2-4-6-20/h2-13,22,24,26,28,30-31H,14-17H2,1H3,(H,29,32)/t22-,24-,26+,28+/m0/s1. The molecule has 0 spiro atoms. The number of benzene rings is 3. The maximum absolute atomic E-state index is 12.7. The Balaban J connectivity index is 1.18. The number of fused-ring (bicyclic) bond motifs is 3. The molecule has 0 radical (unpaired) electrons. The third-order valence-electron chi connectivity index (χ3n) is 6.61. The number of rotatable bonds is 9. The molecule has 0 saturated carbocycles. The summed E-state index contributed by atoms with van der Waals surface area (Å²) in [5.74, 6) is 1.79. The summed E-state index contributed by atoms with van der Waals surface area (Å²) >= 11 is 0. The number of carbonyl (C=O) groups excluding carboxylic acids is 1. The molecule has 0 aliphatic carbocycles. The molecule has 3 aromatic rings. The minimum Gasteiger partial charge on any atom is -0.487 e. The highest BCUT2D eigenvalue weighted by atomic mass is 32.2. The first-order chi connectivity index (χ1) is 18.3. The first-order valence-electron chi connectivity index (χ1n) is 12.4. The lowest BCUT2D eigenvalue weighted by atomic mass is 9.84. The van der Waals surface area contributed by atoms with E-state index in [1.165, 1.54) is 0 Å². The first kappa shape index (κ1) is 26.0. The number of aliphatic hydroxyl groups excluding tert-OH is 1. The summed E-state index contributed by atoms with van der Waals surface area (Å²) in [5.41, 5.74) is 2.21. The quantitative estimate of drug-likeness (QED) is 0.381. The van der Waals surface area contributed by atoms with Crippen molar-refractivity contribution in [2.75, 3.05) is 17.6 Å². The zero-order chi connectivity index (χ0) is 26.7. The minimum atomic E-state index is -3.43. The number of hydrogen-bond acceptors (Lipinski definition) is 7. The summed E-state index contributed by atoms with van der Waals surface area (Å²) in [6, 6.07) is 22.1. The molecule has 9 nitrogen and oxygen atoms in total. The second kappa shape index (κ2) is 11.0. The average Bonchev–Trinajstić information content (AvgIpc) is 3.25. The SMILES string of the molecule is CS(=O)(=O)Nc1ccc2c(c1)[C@@H]1C[C@@H](CC(=O)NCc3ccc(Oc4ccccc4)cc3)O[C@H](CO)[C@@H]1O2. The van der Waals surface area contributed by atoms with Crippen molar-refractivity contribution in [1.29, 1.82) is 0 Å². The van der Waals surface area contributed by atoms with Crippen molar-refractivity contribution in [3.05, 3.63) is 83.9 Å². The molecule has 38 heavy (non-hydrogen) atoms. The lowest BCUT2D eigenvalue weighted by molar-refractivity contribution is -0.142. The third kappa shape index (κ3) is 6.27. The Morgan fingerprint density at radius 2 is 1.79 bits per heavy atom. The largest absolute Gasteiger partial charge is 0.487 e. The van der Waals surface area contributed by atoms with Crippen molar-refractivity contribution in [1.82, 2.24) is 5.32 Å². The predicted molar refractivity (Wildman–Crippen MR) is 142 cm³/mol. The van der Waals surface area contributed by atoms with Gasteiger partial charge in [-0.25, -0.2) is 8.42 Å². The van der Waals surface area contributed by atoms with E-state index in [1.54, 1.807) is 18.2 Å². The van der Waals surface area contributed by atoms with Gasteiger partial charge in [-0.3, -0.25) is 9.52 Å². The number of aliphatic hydroxyl groups is 1. The topological polar surface area (TPSA) is 123 Å². The summed E-state index contributed by atoms with van der Waals surface area (Å²) in [7, 11) is -3.43. The van der Waals surface area contributed by atoms with Crippen LogP contribution in [0.2, 0.25) is 0 Å². The van der Waals surface area contributed by atoms with Gasteiger partial charge < -0.3 is 24.6 Å². The van der Waals surface area contributed by atoms with Crippen LogP contribution in [0.3, 0.4) is 0 Å². The number of nitrogens with one attached hydrogen (secondary N) is 2. The van der Waals surface area contributed by atoms with Crippen molar-refractivity contribution in [2.24, 2.45) is 0 Å². The smallest absolute Gasteiger partial charge is 0.229 e. The highest BCUT2D eigenvalue weighted by molar-refractivity contribution is 7.92. The van der Waals surface area contributed by atoms with Gasteiger partial charge in [0.25, 0.3) is 0 Å². The summed E-state index contributed by atoms with van der Waals surface area (Å²) in [5, 5.41) is 12.9. The highest BCUT2D eigenvalue weighted by Gasteiger charge is 2.46. The van der Waals surface area contributed by atoms with Gasteiger partial charge in [0.1, 0.15) is 29.5 Å². The molecule has 1 saturated heterocycles. The molecule has 10 heteroatoms. The van der Waals surface area contributed by atoms with Crippen LogP contribution in [0.25, 0.3) is 0 Å². The Hall–Kier alpha value is -3.60. The second-order valence-corrected chi connectivity index (χ2v) is 11.3. The Labute approximate surface area is 221 Å². The molecule has 2 heterocycles. The molecule has 0 unspecified atom stereocenters. The third-order valence-corrected chi connectivity index (χ3v) is 7.21. The lowest BCUT2D eigenvalue weighted by Gasteiger charge is -2.37. The van der Waals surface area contributed by atoms with Gasteiger partial charge in [0.2, 0.25) is 15.9 Å². The van der Waals surface area contributed by atoms with Gasteiger partial charge in [0.05, 0.1) is 25.4 Å². The van der Waals surface area contributed by atoms with Gasteiger partial charge in [-0.05, 0) is 54.4 Å². The van der Waals surface area contributed by atoms with Crippen molar-refractivity contribution in [3.63, 3.8) is 0 Å². The molecule has 4 atom stereocenters. The lowest BCUT2D eigenvalue weighted by Crippen LogP contribution is -2.47. The zero-order valence-corrected chi connectivity index (χ0v) is 21.7. The normalized spacial score (nSPS) is 22.1. The fraction of sp³-hybridized carbons (Fsp3) is 0.321. The van der Waals surface area contributed by atoms with Crippen LogP contribution < -0.4 is 19.5 Å². The fourth-order valence-electron chi connectivity index (χ4n) is 4.95. The van der Waals surface area contributed by atoms with Crippen LogP contribution in [-0.4, -0.2) is 50.6 Å². The van der Waals surface area contributed by atoms with Crippen LogP contribution >= 0.6 is 0 Å². The Kier molecular flexibility index (Phi) is 7.55. The number of para-hydroxylation sites is 1. The van der Waals surface area contributed by atoms with Gasteiger partial charge in [-0.2, -0.15) is 0 Å². The Morgan fingerprint density at radius 1 is 1.05 bits per heavy atom. The molecule has 0 aromatic heterocycles. The van der Waals surface area contributed by atoms with Crippen molar-refractivity contribution < 1.29 is 32.5 Å². The Bertz CT molecular complexity index is 1380. The maximum Gasteiger partial charge on any atom is 0.229 e. The molecule has 1 amide bonds. The van der Waals surface area contributed by atoms with E-state index in [1.807, 2.05) is 54.6 Å². The van der Waals surface area contributed by atoms with E-state index in [0.717, 1.165) is 23.1 Å². The number of sulfonamides is 1. The first-order valence-corrected chi connectivity index (χ1v) is 14.3. The molecule has 3 N–H and O–H groups in total. The predicted octanol–water partition coefficient (Wildman–Crippen LogP) is 3.55. The summed E-state index contributed by atoms with van der Waals surface area (Å²) in [6.07, 6.45) is 0.316. The Morgan fingerprint density at radius 3 is 2.50 bits per heavy atom. The van der Waals surface area contributed by atoms with Crippen LogP contribution in [0, 0.1) is 0 Å². The maximum atomic E-state index is 12.7. The van der Waals surface area contributed by atoms with Crippen molar-refractivity contribution >= 4 is 21.6 Å².